The Labute approximate surface area is 90.8 Å². The standard InChI is InChI=1S/C2H4O2.CHCl3.CH2O2.CH4O/c1-2(3)4;2-1(3)4;2-1-3;1-2/h1H3,(H,3,4);1H;1H,(H,2,3);2H,1H3. The molecule has 0 saturated carbocycles. The van der Waals surface area contributed by atoms with Crippen molar-refractivity contribution in [3.63, 3.8) is 0 Å². The Hall–Kier alpha value is -0.230. The van der Waals surface area contributed by atoms with Gasteiger partial charge in [0.25, 0.3) is 12.4 Å². The highest BCUT2D eigenvalue weighted by molar-refractivity contribution is 6.63. The second-order valence-corrected chi connectivity index (χ2v) is 2.85. The maximum absolute atomic E-state index is 9.00. The molecule has 0 amide bonds. The van der Waals surface area contributed by atoms with Gasteiger partial charge >= 0.3 is 0 Å². The van der Waals surface area contributed by atoms with Gasteiger partial charge < -0.3 is 15.3 Å². The molecule has 0 aromatic rings. The average Bonchev–Trinajstić information content (AvgIpc) is 1.89. The van der Waals surface area contributed by atoms with Crippen LogP contribution in [0, 0.1) is 0 Å². The smallest absolute Gasteiger partial charge is 0.300 e. The lowest BCUT2D eigenvalue weighted by Gasteiger charge is -1.69. The lowest BCUT2D eigenvalue weighted by Crippen LogP contribution is -1.78. The molecule has 0 spiro atoms. The lowest BCUT2D eigenvalue weighted by atomic mass is 10.9. The number of aliphatic hydroxyl groups excluding tert-OH is 1. The molecule has 0 radical (unpaired) electrons. The van der Waals surface area contributed by atoms with Crippen molar-refractivity contribution in [3.05, 3.63) is 0 Å². The molecule has 8 heteroatoms. The van der Waals surface area contributed by atoms with Gasteiger partial charge in [0.1, 0.15) is 0 Å². The van der Waals surface area contributed by atoms with Crippen LogP contribution in [0.5, 0.6) is 0 Å². The number of rotatable bonds is 0. The van der Waals surface area contributed by atoms with Crippen LogP contribution in [-0.4, -0.2) is 39.2 Å². The summed E-state index contributed by atoms with van der Waals surface area (Å²) in [5, 5.41) is 21.3. The minimum Gasteiger partial charge on any atom is -0.483 e. The molecule has 82 valence electrons. The van der Waals surface area contributed by atoms with Crippen LogP contribution in [-0.2, 0) is 9.59 Å². The predicted molar refractivity (Wildman–Crippen MR) is 51.5 cm³/mol. The third kappa shape index (κ3) is 21200. The van der Waals surface area contributed by atoms with E-state index in [-0.39, 0.29) is 6.47 Å². The van der Waals surface area contributed by atoms with Gasteiger partial charge in [-0.2, -0.15) is 0 Å². The Kier molecular flexibility index (Phi) is 52.7. The highest BCUT2D eigenvalue weighted by atomic mass is 35.6. The Morgan fingerprint density at radius 3 is 1.31 bits per heavy atom. The van der Waals surface area contributed by atoms with Crippen LogP contribution in [0.25, 0.3) is 0 Å². The molecule has 0 unspecified atom stereocenters. The van der Waals surface area contributed by atoms with Crippen LogP contribution in [0.2, 0.25) is 0 Å². The van der Waals surface area contributed by atoms with E-state index >= 15 is 0 Å². The van der Waals surface area contributed by atoms with E-state index < -0.39 is 10.3 Å². The molecule has 0 heterocycles. The van der Waals surface area contributed by atoms with Gasteiger partial charge in [-0.25, -0.2) is 0 Å². The number of halogens is 3. The summed E-state index contributed by atoms with van der Waals surface area (Å²) in [5.41, 5.74) is 0. The molecule has 0 bridgehead atoms. The molecule has 5 nitrogen and oxygen atoms in total. The number of hydrogen-bond donors (Lipinski definition) is 3. The quantitative estimate of drug-likeness (QED) is 0.450. The summed E-state index contributed by atoms with van der Waals surface area (Å²) in [6, 6.07) is 0. The molecule has 0 aliphatic carbocycles. The second-order valence-electron chi connectivity index (χ2n) is 0.872. The van der Waals surface area contributed by atoms with Crippen molar-refractivity contribution in [1.29, 1.82) is 0 Å². The van der Waals surface area contributed by atoms with E-state index in [1.165, 1.54) is 0 Å². The van der Waals surface area contributed by atoms with Gasteiger partial charge in [0.15, 0.2) is 4.30 Å². The van der Waals surface area contributed by atoms with Gasteiger partial charge in [-0.1, -0.05) is 34.8 Å². The van der Waals surface area contributed by atoms with Crippen LogP contribution in [0.15, 0.2) is 0 Å². The summed E-state index contributed by atoms with van der Waals surface area (Å²) in [5.74, 6) is -0.833. The number of carbonyl (C=O) groups is 2. The Morgan fingerprint density at radius 1 is 1.31 bits per heavy atom. The average molecular weight is 257 g/mol. The molecular weight excluding hydrogens is 246 g/mol. The predicted octanol–water partition coefficient (Wildman–Crippen LogP) is 1.39. The van der Waals surface area contributed by atoms with Gasteiger partial charge in [0, 0.05) is 14.0 Å². The fraction of sp³-hybridized carbons (Fsp3) is 0.600. The highest BCUT2D eigenvalue weighted by Gasteiger charge is 1.78. The van der Waals surface area contributed by atoms with E-state index in [1.807, 2.05) is 0 Å². The van der Waals surface area contributed by atoms with Crippen LogP contribution in [0.3, 0.4) is 0 Å². The maximum Gasteiger partial charge on any atom is 0.300 e. The number of alkyl halides is 3. The van der Waals surface area contributed by atoms with Crippen molar-refractivity contribution < 1.29 is 24.9 Å². The number of aliphatic carboxylic acids is 1. The summed E-state index contributed by atoms with van der Waals surface area (Å²) >= 11 is 14.4. The van der Waals surface area contributed by atoms with E-state index in [4.69, 9.17) is 59.7 Å². The number of aliphatic hydroxyl groups is 1. The number of carboxylic acids is 1. The normalized spacial score (nSPS) is 6.08. The van der Waals surface area contributed by atoms with E-state index in [2.05, 4.69) is 0 Å². The van der Waals surface area contributed by atoms with Gasteiger partial charge in [0.05, 0.1) is 0 Å². The van der Waals surface area contributed by atoms with E-state index in [1.54, 1.807) is 0 Å². The maximum atomic E-state index is 9.00. The minimum absolute atomic E-state index is 0.250. The first-order valence-electron chi connectivity index (χ1n) is 2.52. The highest BCUT2D eigenvalue weighted by Crippen LogP contribution is 2.03. The van der Waals surface area contributed by atoms with Gasteiger partial charge in [-0.15, -0.1) is 0 Å². The molecule has 3 N–H and O–H groups in total. The van der Waals surface area contributed by atoms with Crippen molar-refractivity contribution in [1.82, 2.24) is 0 Å². The van der Waals surface area contributed by atoms with E-state index in [0.29, 0.717) is 0 Å². The zero-order valence-corrected chi connectivity index (χ0v) is 9.21. The third-order valence-electron chi connectivity index (χ3n) is 0. The molecule has 0 aromatic carbocycles. The third-order valence-corrected chi connectivity index (χ3v) is 0. The minimum atomic E-state index is -0.833. The van der Waals surface area contributed by atoms with Crippen LogP contribution < -0.4 is 0 Å². The fourth-order valence-corrected chi connectivity index (χ4v) is 0. The van der Waals surface area contributed by atoms with Crippen molar-refractivity contribution in [2.45, 2.75) is 11.2 Å². The fourth-order valence-electron chi connectivity index (χ4n) is 0. The van der Waals surface area contributed by atoms with Gasteiger partial charge in [-0.3, -0.25) is 9.59 Å². The molecule has 0 rings (SSSR count). The molecule has 0 aliphatic heterocycles. The monoisotopic (exact) mass is 256 g/mol. The Balaban J connectivity index is -0.0000000431. The molecule has 13 heavy (non-hydrogen) atoms. The largest absolute Gasteiger partial charge is 0.483 e. The first kappa shape index (κ1) is 23.0. The zero-order valence-electron chi connectivity index (χ0n) is 6.95. The number of hydrogen-bond acceptors (Lipinski definition) is 3. The Morgan fingerprint density at radius 2 is 1.31 bits per heavy atom. The van der Waals surface area contributed by atoms with Crippen molar-refractivity contribution in [3.8, 4) is 0 Å². The van der Waals surface area contributed by atoms with Crippen LogP contribution in [0.4, 0.5) is 0 Å². The first-order chi connectivity index (χ1) is 5.88. The summed E-state index contributed by atoms with van der Waals surface area (Å²) in [4.78, 5) is 17.4. The number of carboxylic acid groups (broad SMARTS) is 2. The summed E-state index contributed by atoms with van der Waals surface area (Å²) in [7, 11) is 1.00. The molecule has 0 aliphatic rings. The van der Waals surface area contributed by atoms with Crippen LogP contribution >= 0.6 is 34.8 Å². The Bertz CT molecular complexity index is 91.4. The van der Waals surface area contributed by atoms with Crippen molar-refractivity contribution in [2.24, 2.45) is 0 Å². The molecule has 0 fully saturated rings. The molecule has 0 aromatic heterocycles. The topological polar surface area (TPSA) is 94.8 Å². The SMILES string of the molecule is CC(=O)O.CO.ClC(Cl)Cl.O=CO. The second kappa shape index (κ2) is 29.8. The summed E-state index contributed by atoms with van der Waals surface area (Å²) < 4.78 is -0.750. The lowest BCUT2D eigenvalue weighted by molar-refractivity contribution is -0.134. The summed E-state index contributed by atoms with van der Waals surface area (Å²) in [6.45, 7) is 0.833. The first-order valence-corrected chi connectivity index (χ1v) is 3.83. The molecular formula is C5H11Cl3O5. The van der Waals surface area contributed by atoms with Crippen molar-refractivity contribution >= 4 is 47.2 Å². The van der Waals surface area contributed by atoms with E-state index in [9.17, 15) is 0 Å². The van der Waals surface area contributed by atoms with Gasteiger partial charge in [-0.05, 0) is 0 Å². The van der Waals surface area contributed by atoms with Crippen molar-refractivity contribution in [2.75, 3.05) is 7.11 Å². The summed E-state index contributed by atoms with van der Waals surface area (Å²) in [6.07, 6.45) is 0. The zero-order chi connectivity index (χ0) is 11.9. The van der Waals surface area contributed by atoms with Gasteiger partial charge in [0.2, 0.25) is 0 Å². The molecule has 0 saturated heterocycles. The molecule has 0 atom stereocenters. The van der Waals surface area contributed by atoms with E-state index in [0.717, 1.165) is 14.0 Å². The van der Waals surface area contributed by atoms with Crippen LogP contribution in [0.1, 0.15) is 6.92 Å².